The van der Waals surface area contributed by atoms with Crippen molar-refractivity contribution in [2.24, 2.45) is 5.41 Å². The van der Waals surface area contributed by atoms with Gasteiger partial charge in [-0.15, -0.1) is 0 Å². The van der Waals surface area contributed by atoms with E-state index >= 15 is 0 Å². The molecule has 1 aromatic rings. The van der Waals surface area contributed by atoms with Crippen LogP contribution in [0.5, 0.6) is 5.75 Å². The van der Waals surface area contributed by atoms with E-state index in [-0.39, 0.29) is 28.8 Å². The Kier molecular flexibility index (Phi) is 5.09. The standard InChI is InChI=1S/C20H34O2/c1-18(2,3)13-10-14(16(12-21)20(7,8)9)17(22)15(11-13)19(4,5)6/h10-11,16,21-22H,12H2,1-9H3/t16-/m1/s1. The first-order chi connectivity index (χ1) is 9.69. The number of phenols is 1. The molecule has 126 valence electrons. The molecule has 0 bridgehead atoms. The van der Waals surface area contributed by atoms with Crippen molar-refractivity contribution in [1.82, 2.24) is 0 Å². The van der Waals surface area contributed by atoms with Crippen molar-refractivity contribution in [2.45, 2.75) is 79.1 Å². The summed E-state index contributed by atoms with van der Waals surface area (Å²) in [5, 5.41) is 20.8. The van der Waals surface area contributed by atoms with Crippen molar-refractivity contribution in [2.75, 3.05) is 6.61 Å². The van der Waals surface area contributed by atoms with Gasteiger partial charge in [0.1, 0.15) is 5.75 Å². The first-order valence-corrected chi connectivity index (χ1v) is 8.18. The molecule has 0 fully saturated rings. The van der Waals surface area contributed by atoms with Gasteiger partial charge in [0.2, 0.25) is 0 Å². The topological polar surface area (TPSA) is 40.5 Å². The number of rotatable bonds is 2. The van der Waals surface area contributed by atoms with Crippen molar-refractivity contribution in [3.8, 4) is 5.75 Å². The molecule has 0 aliphatic carbocycles. The second-order valence-corrected chi connectivity index (χ2v) is 9.56. The third kappa shape index (κ3) is 4.04. The molecule has 2 nitrogen and oxygen atoms in total. The van der Waals surface area contributed by atoms with Crippen molar-refractivity contribution < 1.29 is 10.2 Å². The molecule has 22 heavy (non-hydrogen) atoms. The maximum atomic E-state index is 10.9. The molecule has 1 rings (SSSR count). The number of aliphatic hydroxyl groups excluding tert-OH is 1. The van der Waals surface area contributed by atoms with Gasteiger partial charge in [-0.1, -0.05) is 74.4 Å². The summed E-state index contributed by atoms with van der Waals surface area (Å²) in [6.07, 6.45) is 0. The summed E-state index contributed by atoms with van der Waals surface area (Å²) in [4.78, 5) is 0. The van der Waals surface area contributed by atoms with E-state index in [1.807, 2.05) is 0 Å². The Morgan fingerprint density at radius 3 is 1.68 bits per heavy atom. The molecule has 0 aliphatic heterocycles. The maximum Gasteiger partial charge on any atom is 0.122 e. The smallest absolute Gasteiger partial charge is 0.122 e. The van der Waals surface area contributed by atoms with Crippen LogP contribution in [0.15, 0.2) is 12.1 Å². The monoisotopic (exact) mass is 306 g/mol. The second kappa shape index (κ2) is 5.88. The van der Waals surface area contributed by atoms with Crippen LogP contribution in [0.2, 0.25) is 0 Å². The zero-order valence-corrected chi connectivity index (χ0v) is 15.8. The Bertz CT molecular complexity index is 522. The van der Waals surface area contributed by atoms with E-state index in [1.165, 1.54) is 5.56 Å². The quantitative estimate of drug-likeness (QED) is 0.797. The second-order valence-electron chi connectivity index (χ2n) is 9.56. The number of hydrogen-bond donors (Lipinski definition) is 2. The summed E-state index contributed by atoms with van der Waals surface area (Å²) in [5.74, 6) is 0.255. The average molecular weight is 306 g/mol. The van der Waals surface area contributed by atoms with Crippen LogP contribution < -0.4 is 0 Å². The minimum atomic E-state index is -0.141. The average Bonchev–Trinajstić information content (AvgIpc) is 2.27. The fraction of sp³-hybridized carbons (Fsp3) is 0.700. The molecular weight excluding hydrogens is 272 g/mol. The molecule has 2 N–H and O–H groups in total. The maximum absolute atomic E-state index is 10.9. The zero-order chi connectivity index (χ0) is 17.5. The van der Waals surface area contributed by atoms with Crippen molar-refractivity contribution >= 4 is 0 Å². The molecular formula is C20H34O2. The highest BCUT2D eigenvalue weighted by molar-refractivity contribution is 5.50. The molecule has 0 heterocycles. The van der Waals surface area contributed by atoms with Gasteiger partial charge in [-0.3, -0.25) is 0 Å². The molecule has 1 atom stereocenters. The van der Waals surface area contributed by atoms with Crippen LogP contribution in [-0.2, 0) is 10.8 Å². The van der Waals surface area contributed by atoms with Crippen LogP contribution >= 0.6 is 0 Å². The Hall–Kier alpha value is -1.02. The Morgan fingerprint density at radius 1 is 0.864 bits per heavy atom. The van der Waals surface area contributed by atoms with Crippen molar-refractivity contribution in [1.29, 1.82) is 0 Å². The van der Waals surface area contributed by atoms with Crippen LogP contribution in [-0.4, -0.2) is 16.8 Å². The van der Waals surface area contributed by atoms with E-state index in [0.29, 0.717) is 5.75 Å². The van der Waals surface area contributed by atoms with Crippen molar-refractivity contribution in [3.63, 3.8) is 0 Å². The minimum absolute atomic E-state index is 0.000337. The molecule has 0 amide bonds. The van der Waals surface area contributed by atoms with Crippen LogP contribution in [0.25, 0.3) is 0 Å². The number of benzene rings is 1. The van der Waals surface area contributed by atoms with E-state index in [4.69, 9.17) is 0 Å². The largest absolute Gasteiger partial charge is 0.507 e. The van der Waals surface area contributed by atoms with Crippen LogP contribution in [0.4, 0.5) is 0 Å². The minimum Gasteiger partial charge on any atom is -0.507 e. The Balaban J connectivity index is 3.70. The third-order valence-electron chi connectivity index (χ3n) is 4.42. The normalized spacial score (nSPS) is 15.0. The van der Waals surface area contributed by atoms with Gasteiger partial charge in [0.05, 0.1) is 6.61 Å². The molecule has 0 aliphatic rings. The highest BCUT2D eigenvalue weighted by atomic mass is 16.3. The Morgan fingerprint density at radius 2 is 1.36 bits per heavy atom. The Labute approximate surface area is 136 Å². The lowest BCUT2D eigenvalue weighted by atomic mass is 9.72. The SMILES string of the molecule is CC(C)(C)c1cc([C@@H](CO)C(C)(C)C)c(O)c(C(C)(C)C)c1. The summed E-state index contributed by atoms with van der Waals surface area (Å²) in [6, 6.07) is 4.20. The lowest BCUT2D eigenvalue weighted by molar-refractivity contribution is 0.183. The highest BCUT2D eigenvalue weighted by Crippen LogP contribution is 2.45. The lowest BCUT2D eigenvalue weighted by Crippen LogP contribution is -2.24. The number of hydrogen-bond acceptors (Lipinski definition) is 2. The van der Waals surface area contributed by atoms with E-state index in [2.05, 4.69) is 74.4 Å². The van der Waals surface area contributed by atoms with Crippen LogP contribution in [0, 0.1) is 5.41 Å². The van der Waals surface area contributed by atoms with Gasteiger partial charge in [-0.05, 0) is 27.4 Å². The van der Waals surface area contributed by atoms with Gasteiger partial charge >= 0.3 is 0 Å². The number of aromatic hydroxyl groups is 1. The van der Waals surface area contributed by atoms with E-state index in [0.717, 1.165) is 11.1 Å². The van der Waals surface area contributed by atoms with Gasteiger partial charge in [-0.25, -0.2) is 0 Å². The number of aliphatic hydroxyl groups is 1. The summed E-state index contributed by atoms with van der Waals surface area (Å²) >= 11 is 0. The summed E-state index contributed by atoms with van der Waals surface area (Å²) in [5.41, 5.74) is 2.77. The fourth-order valence-electron chi connectivity index (χ4n) is 2.77. The van der Waals surface area contributed by atoms with Gasteiger partial charge < -0.3 is 10.2 Å². The number of phenolic OH excluding ortho intramolecular Hbond substituents is 1. The molecule has 0 saturated carbocycles. The van der Waals surface area contributed by atoms with Gasteiger partial charge in [-0.2, -0.15) is 0 Å². The first kappa shape index (κ1) is 19.0. The molecule has 0 saturated heterocycles. The van der Waals surface area contributed by atoms with Crippen LogP contribution in [0.3, 0.4) is 0 Å². The predicted molar refractivity (Wildman–Crippen MR) is 94.8 cm³/mol. The molecule has 1 aromatic carbocycles. The summed E-state index contributed by atoms with van der Waals surface area (Å²) in [6.45, 7) is 19.2. The third-order valence-corrected chi connectivity index (χ3v) is 4.42. The lowest BCUT2D eigenvalue weighted by Gasteiger charge is -2.34. The molecule has 0 radical (unpaired) electrons. The molecule has 0 unspecified atom stereocenters. The summed E-state index contributed by atoms with van der Waals surface area (Å²) < 4.78 is 0. The van der Waals surface area contributed by atoms with Gasteiger partial charge in [0, 0.05) is 11.5 Å². The molecule has 0 aromatic heterocycles. The molecule has 0 spiro atoms. The predicted octanol–water partition coefficient (Wildman–Crippen LogP) is 5.11. The van der Waals surface area contributed by atoms with E-state index in [1.54, 1.807) is 0 Å². The zero-order valence-electron chi connectivity index (χ0n) is 15.8. The first-order valence-electron chi connectivity index (χ1n) is 8.18. The van der Waals surface area contributed by atoms with Crippen LogP contribution in [0.1, 0.15) is 84.9 Å². The van der Waals surface area contributed by atoms with E-state index < -0.39 is 0 Å². The summed E-state index contributed by atoms with van der Waals surface area (Å²) in [7, 11) is 0. The fourth-order valence-corrected chi connectivity index (χ4v) is 2.77. The van der Waals surface area contributed by atoms with Gasteiger partial charge in [0.15, 0.2) is 0 Å². The van der Waals surface area contributed by atoms with E-state index in [9.17, 15) is 10.2 Å². The highest BCUT2D eigenvalue weighted by Gasteiger charge is 2.32. The molecule has 2 heteroatoms. The van der Waals surface area contributed by atoms with Crippen molar-refractivity contribution in [3.05, 3.63) is 28.8 Å². The van der Waals surface area contributed by atoms with Gasteiger partial charge in [0.25, 0.3) is 0 Å².